The van der Waals surface area contributed by atoms with E-state index >= 15 is 0 Å². The number of likely N-dealkylation sites (tertiary alicyclic amines) is 1. The fourth-order valence-electron chi connectivity index (χ4n) is 4.63. The molecule has 0 aliphatic carbocycles. The van der Waals surface area contributed by atoms with Crippen molar-refractivity contribution < 1.29 is 23.1 Å². The first-order valence-corrected chi connectivity index (χ1v) is 11.7. The molecule has 184 valence electrons. The second kappa shape index (κ2) is 9.26. The van der Waals surface area contributed by atoms with E-state index in [1.807, 2.05) is 47.4 Å². The van der Waals surface area contributed by atoms with Crippen LogP contribution in [0.4, 0.5) is 19.4 Å². The van der Waals surface area contributed by atoms with Crippen molar-refractivity contribution in [3.63, 3.8) is 0 Å². The second-order valence-electron chi connectivity index (χ2n) is 9.11. The van der Waals surface area contributed by atoms with Gasteiger partial charge in [-0.05, 0) is 49.2 Å². The van der Waals surface area contributed by atoms with Crippen molar-refractivity contribution in [1.29, 1.82) is 0 Å². The molecule has 2 fully saturated rings. The standard InChI is InChI=1S/C25H27F2N5O3/c1-30-21-15-19(7-8-20(21)23(29-30)32-14-10-22(33)28-24(32)34)35-18-5-3-17(4-6-18)9-13-31-12-2-11-25(26,27)16-31/h3-8,15H,2,9-14,16H2,1H3,(H,28,33,34). The zero-order valence-corrected chi connectivity index (χ0v) is 19.5. The van der Waals surface area contributed by atoms with Crippen LogP contribution in [0, 0.1) is 0 Å². The van der Waals surface area contributed by atoms with E-state index in [9.17, 15) is 18.4 Å². The van der Waals surface area contributed by atoms with Crippen LogP contribution < -0.4 is 15.0 Å². The summed E-state index contributed by atoms with van der Waals surface area (Å²) in [6.07, 6.45) is 1.45. The lowest BCUT2D eigenvalue weighted by atomic mass is 10.1. The summed E-state index contributed by atoms with van der Waals surface area (Å²) in [5, 5.41) is 7.58. The third-order valence-electron chi connectivity index (χ3n) is 6.46. The summed E-state index contributed by atoms with van der Waals surface area (Å²) >= 11 is 0. The first-order chi connectivity index (χ1) is 16.8. The topological polar surface area (TPSA) is 79.7 Å². The van der Waals surface area contributed by atoms with Gasteiger partial charge in [0.2, 0.25) is 5.91 Å². The predicted molar refractivity (Wildman–Crippen MR) is 127 cm³/mol. The number of rotatable bonds is 6. The molecule has 3 amide bonds. The molecule has 0 bridgehead atoms. The number of aromatic nitrogens is 2. The van der Waals surface area contributed by atoms with Gasteiger partial charge in [0.05, 0.1) is 12.1 Å². The molecule has 0 spiro atoms. The Hall–Kier alpha value is -3.53. The van der Waals surface area contributed by atoms with Crippen LogP contribution in [0.2, 0.25) is 0 Å². The molecule has 10 heteroatoms. The zero-order chi connectivity index (χ0) is 24.6. The SMILES string of the molecule is Cn1nc(N2CCC(=O)NC2=O)c2ccc(Oc3ccc(CCN4CCCC(F)(F)C4)cc3)cc21. The minimum absolute atomic E-state index is 0.0178. The van der Waals surface area contributed by atoms with Gasteiger partial charge in [-0.3, -0.25) is 24.6 Å². The molecule has 0 atom stereocenters. The summed E-state index contributed by atoms with van der Waals surface area (Å²) in [5.41, 5.74) is 1.86. The molecular weight excluding hydrogens is 456 g/mol. The van der Waals surface area contributed by atoms with E-state index in [0.29, 0.717) is 36.7 Å². The number of hydrogen-bond acceptors (Lipinski definition) is 5. The van der Waals surface area contributed by atoms with Crippen LogP contribution in [-0.2, 0) is 18.3 Å². The van der Waals surface area contributed by atoms with E-state index in [1.165, 1.54) is 4.90 Å². The Bertz CT molecular complexity index is 1260. The molecule has 2 aliphatic rings. The van der Waals surface area contributed by atoms with Crippen molar-refractivity contribution in [1.82, 2.24) is 20.0 Å². The summed E-state index contributed by atoms with van der Waals surface area (Å²) in [6, 6.07) is 12.7. The molecule has 3 heterocycles. The smallest absolute Gasteiger partial charge is 0.329 e. The maximum atomic E-state index is 13.6. The molecule has 5 rings (SSSR count). The number of imide groups is 1. The molecular formula is C25H27F2N5O3. The average molecular weight is 484 g/mol. The van der Waals surface area contributed by atoms with Gasteiger partial charge in [-0.15, -0.1) is 0 Å². The van der Waals surface area contributed by atoms with Crippen LogP contribution in [0.5, 0.6) is 11.5 Å². The molecule has 2 saturated heterocycles. The van der Waals surface area contributed by atoms with Crippen LogP contribution in [0.3, 0.4) is 0 Å². The van der Waals surface area contributed by atoms with Crippen molar-refractivity contribution >= 4 is 28.7 Å². The zero-order valence-electron chi connectivity index (χ0n) is 19.5. The number of anilines is 1. The van der Waals surface area contributed by atoms with Crippen LogP contribution >= 0.6 is 0 Å². The lowest BCUT2D eigenvalue weighted by Crippen LogP contribution is -2.49. The lowest BCUT2D eigenvalue weighted by molar-refractivity contribution is -0.120. The van der Waals surface area contributed by atoms with Gasteiger partial charge in [0, 0.05) is 44.4 Å². The number of carbonyl (C=O) groups excluding carboxylic acids is 2. The summed E-state index contributed by atoms with van der Waals surface area (Å²) in [6.45, 7) is 1.45. The molecule has 3 aromatic rings. The predicted octanol–water partition coefficient (Wildman–Crippen LogP) is 4.09. The highest BCUT2D eigenvalue weighted by molar-refractivity contribution is 6.08. The summed E-state index contributed by atoms with van der Waals surface area (Å²) in [7, 11) is 1.79. The number of aryl methyl sites for hydroxylation is 1. The fourth-order valence-corrected chi connectivity index (χ4v) is 4.63. The molecule has 0 unspecified atom stereocenters. The Morgan fingerprint density at radius 2 is 1.86 bits per heavy atom. The molecule has 2 aromatic carbocycles. The van der Waals surface area contributed by atoms with Gasteiger partial charge in [-0.1, -0.05) is 12.1 Å². The first-order valence-electron chi connectivity index (χ1n) is 11.7. The highest BCUT2D eigenvalue weighted by Crippen LogP contribution is 2.32. The maximum absolute atomic E-state index is 13.6. The molecule has 2 aliphatic heterocycles. The van der Waals surface area contributed by atoms with Crippen LogP contribution in [0.1, 0.15) is 24.8 Å². The normalized spacial score (nSPS) is 18.7. The van der Waals surface area contributed by atoms with Crippen molar-refractivity contribution in [2.45, 2.75) is 31.6 Å². The number of amides is 3. The number of halogens is 2. The quantitative estimate of drug-likeness (QED) is 0.572. The van der Waals surface area contributed by atoms with E-state index < -0.39 is 12.0 Å². The highest BCUT2D eigenvalue weighted by atomic mass is 19.3. The minimum atomic E-state index is -2.58. The summed E-state index contributed by atoms with van der Waals surface area (Å²) in [5.74, 6) is -1.09. The number of urea groups is 1. The van der Waals surface area contributed by atoms with Gasteiger partial charge < -0.3 is 4.74 Å². The van der Waals surface area contributed by atoms with Crippen LogP contribution in [0.25, 0.3) is 10.9 Å². The van der Waals surface area contributed by atoms with E-state index in [1.54, 1.807) is 11.7 Å². The number of nitrogens with zero attached hydrogens (tertiary/aromatic N) is 4. The Balaban J connectivity index is 1.24. The monoisotopic (exact) mass is 483 g/mol. The third-order valence-corrected chi connectivity index (χ3v) is 6.46. The average Bonchev–Trinajstić information content (AvgIpc) is 3.14. The minimum Gasteiger partial charge on any atom is -0.457 e. The van der Waals surface area contributed by atoms with Crippen LogP contribution in [0.15, 0.2) is 42.5 Å². The Morgan fingerprint density at radius 1 is 1.09 bits per heavy atom. The molecule has 1 aromatic heterocycles. The van der Waals surface area contributed by atoms with E-state index in [-0.39, 0.29) is 31.8 Å². The Morgan fingerprint density at radius 3 is 2.60 bits per heavy atom. The van der Waals surface area contributed by atoms with Gasteiger partial charge in [0.15, 0.2) is 5.82 Å². The number of fused-ring (bicyclic) bond motifs is 1. The van der Waals surface area contributed by atoms with Crippen molar-refractivity contribution in [2.75, 3.05) is 31.1 Å². The molecule has 0 radical (unpaired) electrons. The first kappa shape index (κ1) is 23.2. The van der Waals surface area contributed by atoms with Crippen molar-refractivity contribution in [3.05, 3.63) is 48.0 Å². The number of alkyl halides is 2. The number of ether oxygens (including phenoxy) is 1. The third kappa shape index (κ3) is 5.12. The maximum Gasteiger partial charge on any atom is 0.329 e. The molecule has 1 N–H and O–H groups in total. The second-order valence-corrected chi connectivity index (χ2v) is 9.11. The number of benzene rings is 2. The lowest BCUT2D eigenvalue weighted by Gasteiger charge is -2.32. The number of carbonyl (C=O) groups is 2. The van der Waals surface area contributed by atoms with E-state index in [2.05, 4.69) is 10.4 Å². The van der Waals surface area contributed by atoms with Gasteiger partial charge >= 0.3 is 6.03 Å². The Kier molecular flexibility index (Phi) is 6.14. The van der Waals surface area contributed by atoms with Crippen molar-refractivity contribution in [2.24, 2.45) is 7.05 Å². The Labute approximate surface area is 201 Å². The molecule has 8 nitrogen and oxygen atoms in total. The summed E-state index contributed by atoms with van der Waals surface area (Å²) < 4.78 is 34.9. The van der Waals surface area contributed by atoms with Crippen molar-refractivity contribution in [3.8, 4) is 11.5 Å². The highest BCUT2D eigenvalue weighted by Gasteiger charge is 2.34. The fraction of sp³-hybridized carbons (Fsp3) is 0.400. The van der Waals surface area contributed by atoms with Gasteiger partial charge in [-0.2, -0.15) is 5.10 Å². The molecule has 35 heavy (non-hydrogen) atoms. The molecule has 0 saturated carbocycles. The van der Waals surface area contributed by atoms with E-state index in [0.717, 1.165) is 23.0 Å². The van der Waals surface area contributed by atoms with Gasteiger partial charge in [0.25, 0.3) is 5.92 Å². The largest absolute Gasteiger partial charge is 0.457 e. The summed E-state index contributed by atoms with van der Waals surface area (Å²) in [4.78, 5) is 27.0. The van der Waals surface area contributed by atoms with Crippen LogP contribution in [-0.4, -0.2) is 58.7 Å². The number of nitrogens with one attached hydrogen (secondary N) is 1. The van der Waals surface area contributed by atoms with E-state index in [4.69, 9.17) is 4.74 Å². The number of piperidine rings is 1. The van der Waals surface area contributed by atoms with Gasteiger partial charge in [-0.25, -0.2) is 13.6 Å². The number of hydrogen-bond donors (Lipinski definition) is 1. The van der Waals surface area contributed by atoms with Gasteiger partial charge in [0.1, 0.15) is 11.5 Å².